The molecular weight excluding hydrogens is 734 g/mol. The summed E-state index contributed by atoms with van der Waals surface area (Å²) in [6.07, 6.45) is 2.71. The number of nitrogens with two attached hydrogens (primary N) is 1. The zero-order valence-corrected chi connectivity index (χ0v) is 35.2. The van der Waals surface area contributed by atoms with Crippen LogP contribution in [0, 0.1) is 22.7 Å². The number of carbonyl (C=O) groups is 8. The van der Waals surface area contributed by atoms with Gasteiger partial charge in [0.1, 0.15) is 24.7 Å². The molecule has 57 heavy (non-hydrogen) atoms. The number of unbranched alkanes of at least 4 members (excludes halogenated alkanes) is 2. The number of ether oxygens (including phenoxy) is 1. The topological polar surface area (TPSA) is 235 Å². The van der Waals surface area contributed by atoms with Crippen LogP contribution in [0.25, 0.3) is 0 Å². The highest BCUT2D eigenvalue weighted by Gasteiger charge is 2.44. The van der Waals surface area contributed by atoms with E-state index in [1.165, 1.54) is 4.90 Å². The van der Waals surface area contributed by atoms with Gasteiger partial charge in [-0.3, -0.25) is 38.5 Å². The van der Waals surface area contributed by atoms with Crippen LogP contribution in [0.1, 0.15) is 119 Å². The molecule has 1 aliphatic heterocycles. The SMILES string of the molecule is CC[C@H](NC(=O)CCCCCN1C(=O)CC(C(C)(C)C)C1=O)C(=O)N[C@H](C(=O)N[C@@H](CCCNC(N)=O)C(=O)Nc1ccc(COC(=O)C(C)(C)C)cc1)C(C)C. The van der Waals surface area contributed by atoms with E-state index in [1.807, 2.05) is 20.8 Å². The quantitative estimate of drug-likeness (QED) is 0.0604. The normalized spacial score (nSPS) is 16.0. The molecule has 4 atom stereocenters. The first kappa shape index (κ1) is 48.1. The number of carbonyl (C=O) groups excluding carboxylic acids is 8. The molecule has 16 nitrogen and oxygen atoms in total. The van der Waals surface area contributed by atoms with Crippen LogP contribution in [0.4, 0.5) is 10.5 Å². The van der Waals surface area contributed by atoms with E-state index in [4.69, 9.17) is 10.5 Å². The first-order valence-corrected chi connectivity index (χ1v) is 19.9. The summed E-state index contributed by atoms with van der Waals surface area (Å²) in [5.74, 6) is -3.43. The number of hydrogen-bond donors (Lipinski definition) is 6. The second-order valence-corrected chi connectivity index (χ2v) is 17.1. The summed E-state index contributed by atoms with van der Waals surface area (Å²) in [5, 5.41) is 13.5. The van der Waals surface area contributed by atoms with E-state index in [9.17, 15) is 38.4 Å². The molecule has 1 aliphatic rings. The fourth-order valence-electron chi connectivity index (χ4n) is 6.06. The number of nitrogens with zero attached hydrogens (tertiary/aromatic N) is 1. The number of likely N-dealkylation sites (tertiary alicyclic amines) is 1. The number of amides is 8. The van der Waals surface area contributed by atoms with Crippen molar-refractivity contribution >= 4 is 53.1 Å². The van der Waals surface area contributed by atoms with Crippen LogP contribution in [-0.2, 0) is 44.9 Å². The Hall–Kier alpha value is -5.02. The number of primary amides is 1. The molecule has 1 fully saturated rings. The average Bonchev–Trinajstić information content (AvgIpc) is 3.41. The second kappa shape index (κ2) is 22.1. The number of nitrogens with one attached hydrogen (secondary N) is 5. The predicted molar refractivity (Wildman–Crippen MR) is 215 cm³/mol. The predicted octanol–water partition coefficient (Wildman–Crippen LogP) is 3.66. The fourth-order valence-corrected chi connectivity index (χ4v) is 6.06. The van der Waals surface area contributed by atoms with E-state index in [-0.39, 0.29) is 73.9 Å². The minimum Gasteiger partial charge on any atom is -0.460 e. The number of urea groups is 1. The van der Waals surface area contributed by atoms with Crippen LogP contribution < -0.4 is 32.3 Å². The fraction of sp³-hybridized carbons (Fsp3) is 0.659. The lowest BCUT2D eigenvalue weighted by Gasteiger charge is -2.27. The lowest BCUT2D eigenvalue weighted by molar-refractivity contribution is -0.154. The van der Waals surface area contributed by atoms with Gasteiger partial charge in [0.15, 0.2) is 0 Å². The van der Waals surface area contributed by atoms with Gasteiger partial charge >= 0.3 is 12.0 Å². The Morgan fingerprint density at radius 1 is 0.842 bits per heavy atom. The van der Waals surface area contributed by atoms with Crippen LogP contribution in [-0.4, -0.2) is 83.6 Å². The van der Waals surface area contributed by atoms with Crippen molar-refractivity contribution in [3.05, 3.63) is 29.8 Å². The summed E-state index contributed by atoms with van der Waals surface area (Å²) >= 11 is 0. The van der Waals surface area contributed by atoms with Gasteiger partial charge in [-0.15, -0.1) is 0 Å². The molecule has 16 heteroatoms. The maximum atomic E-state index is 13.6. The molecule has 1 aromatic rings. The molecule has 7 N–H and O–H groups in total. The Morgan fingerprint density at radius 2 is 1.49 bits per heavy atom. The molecule has 0 saturated carbocycles. The first-order chi connectivity index (χ1) is 26.5. The Morgan fingerprint density at radius 3 is 2.04 bits per heavy atom. The van der Waals surface area contributed by atoms with E-state index in [0.29, 0.717) is 43.5 Å². The van der Waals surface area contributed by atoms with Crippen LogP contribution in [0.3, 0.4) is 0 Å². The molecule has 0 spiro atoms. The number of esters is 1. The van der Waals surface area contributed by atoms with E-state index < -0.39 is 53.2 Å². The smallest absolute Gasteiger partial charge is 0.312 e. The van der Waals surface area contributed by atoms with Crippen molar-refractivity contribution < 1.29 is 43.1 Å². The number of rotatable bonds is 21. The molecule has 0 bridgehead atoms. The summed E-state index contributed by atoms with van der Waals surface area (Å²) < 4.78 is 5.35. The van der Waals surface area contributed by atoms with Crippen LogP contribution in [0.15, 0.2) is 24.3 Å². The van der Waals surface area contributed by atoms with Gasteiger partial charge < -0.3 is 37.1 Å². The van der Waals surface area contributed by atoms with Gasteiger partial charge in [0.05, 0.1) is 11.3 Å². The monoisotopic (exact) mass is 799 g/mol. The molecule has 1 saturated heterocycles. The number of benzene rings is 1. The highest BCUT2D eigenvalue weighted by Crippen LogP contribution is 2.35. The summed E-state index contributed by atoms with van der Waals surface area (Å²) in [6.45, 7) is 16.9. The first-order valence-electron chi connectivity index (χ1n) is 19.9. The Kier molecular flexibility index (Phi) is 18.6. The van der Waals surface area contributed by atoms with Crippen molar-refractivity contribution in [3.8, 4) is 0 Å². The summed E-state index contributed by atoms with van der Waals surface area (Å²) in [7, 11) is 0. The number of hydrogen-bond acceptors (Lipinski definition) is 9. The van der Waals surface area contributed by atoms with Gasteiger partial charge in [0.25, 0.3) is 0 Å². The van der Waals surface area contributed by atoms with Gasteiger partial charge in [0, 0.05) is 31.6 Å². The van der Waals surface area contributed by atoms with E-state index in [2.05, 4.69) is 26.6 Å². The van der Waals surface area contributed by atoms with Crippen LogP contribution in [0.2, 0.25) is 0 Å². The average molecular weight is 800 g/mol. The molecule has 0 aliphatic carbocycles. The summed E-state index contributed by atoms with van der Waals surface area (Å²) in [4.78, 5) is 103. The zero-order valence-electron chi connectivity index (χ0n) is 35.2. The molecule has 0 radical (unpaired) electrons. The van der Waals surface area contributed by atoms with Gasteiger partial charge in [-0.1, -0.05) is 60.1 Å². The highest BCUT2D eigenvalue weighted by atomic mass is 16.5. The Labute approximate surface area is 336 Å². The lowest BCUT2D eigenvalue weighted by Crippen LogP contribution is -2.57. The van der Waals surface area contributed by atoms with Gasteiger partial charge in [-0.25, -0.2) is 4.79 Å². The minimum atomic E-state index is -1.05. The van der Waals surface area contributed by atoms with Crippen molar-refractivity contribution in [2.75, 3.05) is 18.4 Å². The van der Waals surface area contributed by atoms with Gasteiger partial charge in [0.2, 0.25) is 35.4 Å². The third-order valence-electron chi connectivity index (χ3n) is 9.69. The van der Waals surface area contributed by atoms with Crippen molar-refractivity contribution in [2.45, 2.75) is 138 Å². The van der Waals surface area contributed by atoms with Gasteiger partial charge in [-0.05, 0) is 81.9 Å². The van der Waals surface area contributed by atoms with E-state index in [0.717, 1.165) is 0 Å². The van der Waals surface area contributed by atoms with Crippen molar-refractivity contribution in [1.82, 2.24) is 26.2 Å². The number of anilines is 1. The van der Waals surface area contributed by atoms with Crippen LogP contribution in [0.5, 0.6) is 0 Å². The Bertz CT molecular complexity index is 1580. The maximum absolute atomic E-state index is 13.6. The largest absolute Gasteiger partial charge is 0.460 e. The summed E-state index contributed by atoms with van der Waals surface area (Å²) in [6, 6.07) is 2.94. The number of imide groups is 1. The Balaban J connectivity index is 1.98. The minimum absolute atomic E-state index is 0.0618. The van der Waals surface area contributed by atoms with E-state index >= 15 is 0 Å². The molecule has 2 rings (SSSR count). The molecule has 318 valence electrons. The lowest BCUT2D eigenvalue weighted by atomic mass is 9.80. The van der Waals surface area contributed by atoms with Crippen molar-refractivity contribution in [1.29, 1.82) is 0 Å². The zero-order chi connectivity index (χ0) is 43.1. The molecule has 0 aromatic heterocycles. The maximum Gasteiger partial charge on any atom is 0.312 e. The van der Waals surface area contributed by atoms with Crippen molar-refractivity contribution in [2.24, 2.45) is 28.4 Å². The van der Waals surface area contributed by atoms with Gasteiger partial charge in [-0.2, -0.15) is 0 Å². The highest BCUT2D eigenvalue weighted by molar-refractivity contribution is 6.04. The summed E-state index contributed by atoms with van der Waals surface area (Å²) in [5.41, 5.74) is 5.38. The van der Waals surface area contributed by atoms with Crippen LogP contribution >= 0.6 is 0 Å². The standard InChI is InChI=1S/C41H65N7O9/c1-10-29(45-31(49)16-12-11-13-22-48-32(50)23-28(37(48)54)40(4,5)6)34(51)47-33(25(2)3)36(53)46-30(15-14-21-43-39(42)56)35(52)44-27-19-17-26(18-20-27)24-57-38(55)41(7,8)9/h17-20,25,28-30,33H,10-16,21-24H2,1-9H3,(H,44,52)(H,45,49)(H,46,53)(H,47,51)(H3,42,43,56)/t28?,29-,30-,33-/m0/s1. The third-order valence-corrected chi connectivity index (χ3v) is 9.69. The molecule has 1 unspecified atom stereocenters. The van der Waals surface area contributed by atoms with E-state index in [1.54, 1.807) is 65.8 Å². The molecule has 8 amide bonds. The molecule has 1 heterocycles. The van der Waals surface area contributed by atoms with Crippen molar-refractivity contribution in [3.63, 3.8) is 0 Å². The molecule has 1 aromatic carbocycles. The third kappa shape index (κ3) is 16.2. The second-order valence-electron chi connectivity index (χ2n) is 17.1. The molecular formula is C41H65N7O9.